The molecule has 0 aliphatic rings. The third-order valence-corrected chi connectivity index (χ3v) is 2.30. The molecule has 0 unspecified atom stereocenters. The Morgan fingerprint density at radius 1 is 1.21 bits per heavy atom. The summed E-state index contributed by atoms with van der Waals surface area (Å²) >= 11 is 0. The van der Waals surface area contributed by atoms with Crippen LogP contribution in [0.1, 0.15) is 6.42 Å². The van der Waals surface area contributed by atoms with Gasteiger partial charge in [-0.1, -0.05) is 0 Å². The van der Waals surface area contributed by atoms with E-state index in [0.717, 1.165) is 0 Å². The summed E-state index contributed by atoms with van der Waals surface area (Å²) < 4.78 is 43.6. The van der Waals surface area contributed by atoms with Crippen molar-refractivity contribution in [2.45, 2.75) is 6.42 Å². The maximum atomic E-state index is 13.2. The topological polar surface area (TPSA) is 50.4 Å². The van der Waals surface area contributed by atoms with Gasteiger partial charge in [0, 0.05) is 32.4 Å². The van der Waals surface area contributed by atoms with Crippen LogP contribution in [0.4, 0.5) is 18.9 Å². The van der Waals surface area contributed by atoms with Crippen molar-refractivity contribution in [2.75, 3.05) is 32.1 Å². The molecule has 0 aliphatic heterocycles. The van der Waals surface area contributed by atoms with Gasteiger partial charge in [-0.05, 0) is 6.42 Å². The molecule has 1 aromatic rings. The van der Waals surface area contributed by atoms with Gasteiger partial charge in [-0.25, -0.2) is 13.2 Å². The highest BCUT2D eigenvalue weighted by molar-refractivity contribution is 5.80. The highest BCUT2D eigenvalue weighted by Gasteiger charge is 2.10. The Labute approximate surface area is 108 Å². The fourth-order valence-corrected chi connectivity index (χ4v) is 1.34. The quantitative estimate of drug-likeness (QED) is 0.588. The Hall–Kier alpha value is -1.76. The minimum atomic E-state index is -1.27. The fourth-order valence-electron chi connectivity index (χ4n) is 1.34. The molecule has 2 N–H and O–H groups in total. The predicted octanol–water partition coefficient (Wildman–Crippen LogP) is 1.67. The summed E-state index contributed by atoms with van der Waals surface area (Å²) in [5.41, 5.74) is -0.258. The van der Waals surface area contributed by atoms with Crippen LogP contribution in [-0.2, 0) is 9.53 Å². The lowest BCUT2D eigenvalue weighted by atomic mass is 10.3. The first-order valence-corrected chi connectivity index (χ1v) is 5.68. The highest BCUT2D eigenvalue weighted by atomic mass is 19.2. The van der Waals surface area contributed by atoms with Crippen LogP contribution in [0.3, 0.4) is 0 Å². The first-order valence-electron chi connectivity index (χ1n) is 5.68. The number of methoxy groups -OCH3 is 1. The second-order valence-corrected chi connectivity index (χ2v) is 3.80. The number of halogens is 3. The van der Waals surface area contributed by atoms with Crippen molar-refractivity contribution in [3.8, 4) is 0 Å². The van der Waals surface area contributed by atoms with Crippen LogP contribution in [0.2, 0.25) is 0 Å². The van der Waals surface area contributed by atoms with Crippen LogP contribution in [0.25, 0.3) is 0 Å². The van der Waals surface area contributed by atoms with E-state index in [9.17, 15) is 18.0 Å². The molecule has 0 aliphatic carbocycles. The van der Waals surface area contributed by atoms with Crippen LogP contribution in [0, 0.1) is 17.5 Å². The van der Waals surface area contributed by atoms with E-state index < -0.39 is 17.5 Å². The number of nitrogens with one attached hydrogen (secondary N) is 2. The van der Waals surface area contributed by atoms with Gasteiger partial charge in [0.1, 0.15) is 5.82 Å². The molecule has 0 spiro atoms. The van der Waals surface area contributed by atoms with E-state index in [0.29, 0.717) is 31.7 Å². The van der Waals surface area contributed by atoms with Gasteiger partial charge >= 0.3 is 0 Å². The molecule has 0 bridgehead atoms. The van der Waals surface area contributed by atoms with E-state index in [1.807, 2.05) is 0 Å². The predicted molar refractivity (Wildman–Crippen MR) is 64.3 cm³/mol. The molecule has 1 aromatic carbocycles. The van der Waals surface area contributed by atoms with Crippen molar-refractivity contribution in [3.63, 3.8) is 0 Å². The maximum absolute atomic E-state index is 13.2. The molecule has 0 saturated heterocycles. The molecule has 0 atom stereocenters. The summed E-state index contributed by atoms with van der Waals surface area (Å²) in [5.74, 6) is -3.78. The molecule has 1 rings (SSSR count). The lowest BCUT2D eigenvalue weighted by Gasteiger charge is -2.08. The van der Waals surface area contributed by atoms with Gasteiger partial charge < -0.3 is 15.4 Å². The van der Waals surface area contributed by atoms with Gasteiger partial charge in [0.15, 0.2) is 11.6 Å². The molecule has 19 heavy (non-hydrogen) atoms. The SMILES string of the molecule is COCCCNC(=O)CNc1cc(F)c(F)cc1F. The van der Waals surface area contributed by atoms with Crippen molar-refractivity contribution in [3.05, 3.63) is 29.6 Å². The normalized spacial score (nSPS) is 10.3. The molecular formula is C12H15F3N2O2. The van der Waals surface area contributed by atoms with E-state index in [-0.39, 0.29) is 18.1 Å². The van der Waals surface area contributed by atoms with Crippen molar-refractivity contribution in [1.82, 2.24) is 5.32 Å². The van der Waals surface area contributed by atoms with E-state index in [1.165, 1.54) is 0 Å². The van der Waals surface area contributed by atoms with Gasteiger partial charge in [0.05, 0.1) is 12.2 Å². The summed E-state index contributed by atoms with van der Waals surface area (Å²) in [5, 5.41) is 4.96. The zero-order chi connectivity index (χ0) is 14.3. The Kier molecular flexibility index (Phi) is 6.14. The van der Waals surface area contributed by atoms with Crippen LogP contribution in [0.5, 0.6) is 0 Å². The Morgan fingerprint density at radius 2 is 1.89 bits per heavy atom. The molecule has 0 aromatic heterocycles. The van der Waals surface area contributed by atoms with Crippen molar-refractivity contribution in [1.29, 1.82) is 0 Å². The first-order chi connectivity index (χ1) is 9.04. The molecule has 4 nitrogen and oxygen atoms in total. The standard InChI is InChI=1S/C12H15F3N2O2/c1-19-4-2-3-16-12(18)7-17-11-6-9(14)8(13)5-10(11)15/h5-6,17H,2-4,7H2,1H3,(H,16,18). The van der Waals surface area contributed by atoms with Gasteiger partial charge in [-0.15, -0.1) is 0 Å². The lowest BCUT2D eigenvalue weighted by molar-refractivity contribution is -0.119. The van der Waals surface area contributed by atoms with Crippen LogP contribution >= 0.6 is 0 Å². The van der Waals surface area contributed by atoms with E-state index >= 15 is 0 Å². The lowest BCUT2D eigenvalue weighted by Crippen LogP contribution is -2.31. The molecule has 0 saturated carbocycles. The van der Waals surface area contributed by atoms with Gasteiger partial charge in [0.25, 0.3) is 0 Å². The number of amides is 1. The largest absolute Gasteiger partial charge is 0.385 e. The second kappa shape index (κ2) is 7.63. The zero-order valence-corrected chi connectivity index (χ0v) is 10.4. The molecule has 106 valence electrons. The molecule has 0 radical (unpaired) electrons. The van der Waals surface area contributed by atoms with Crippen LogP contribution < -0.4 is 10.6 Å². The molecule has 1 amide bonds. The minimum Gasteiger partial charge on any atom is -0.385 e. The van der Waals surface area contributed by atoms with E-state index in [1.54, 1.807) is 7.11 Å². The minimum absolute atomic E-state index is 0.227. The average Bonchev–Trinajstić information content (AvgIpc) is 2.37. The second-order valence-electron chi connectivity index (χ2n) is 3.80. The van der Waals surface area contributed by atoms with Crippen LogP contribution in [-0.4, -0.2) is 32.7 Å². The highest BCUT2D eigenvalue weighted by Crippen LogP contribution is 2.17. The zero-order valence-electron chi connectivity index (χ0n) is 10.4. The first kappa shape index (κ1) is 15.3. The number of ether oxygens (including phenoxy) is 1. The van der Waals surface area contributed by atoms with Crippen LogP contribution in [0.15, 0.2) is 12.1 Å². The summed E-state index contributed by atoms with van der Waals surface area (Å²) in [6.07, 6.45) is 0.655. The summed E-state index contributed by atoms with van der Waals surface area (Å²) in [7, 11) is 1.55. The molecular weight excluding hydrogens is 261 g/mol. The Balaban J connectivity index is 2.40. The van der Waals surface area contributed by atoms with Crippen molar-refractivity contribution >= 4 is 11.6 Å². The fraction of sp³-hybridized carbons (Fsp3) is 0.417. The van der Waals surface area contributed by atoms with Gasteiger partial charge in [0.2, 0.25) is 5.91 Å². The molecule has 0 fully saturated rings. The third-order valence-electron chi connectivity index (χ3n) is 2.30. The Morgan fingerprint density at radius 3 is 2.58 bits per heavy atom. The maximum Gasteiger partial charge on any atom is 0.239 e. The number of anilines is 1. The van der Waals surface area contributed by atoms with Gasteiger partial charge in [-0.3, -0.25) is 4.79 Å². The monoisotopic (exact) mass is 276 g/mol. The number of carbonyl (C=O) groups is 1. The Bertz CT molecular complexity index is 441. The number of carbonyl (C=O) groups excluding carboxylic acids is 1. The third kappa shape index (κ3) is 5.17. The molecule has 0 heterocycles. The molecule has 7 heteroatoms. The van der Waals surface area contributed by atoms with E-state index in [4.69, 9.17) is 4.74 Å². The van der Waals surface area contributed by atoms with Crippen molar-refractivity contribution < 1.29 is 22.7 Å². The number of benzene rings is 1. The van der Waals surface area contributed by atoms with Crippen molar-refractivity contribution in [2.24, 2.45) is 0 Å². The smallest absolute Gasteiger partial charge is 0.239 e. The number of rotatable bonds is 7. The van der Waals surface area contributed by atoms with E-state index in [2.05, 4.69) is 10.6 Å². The number of hydrogen-bond acceptors (Lipinski definition) is 3. The number of hydrogen-bond donors (Lipinski definition) is 2. The summed E-state index contributed by atoms with van der Waals surface area (Å²) in [6, 6.07) is 1.09. The summed E-state index contributed by atoms with van der Waals surface area (Å²) in [6.45, 7) is 0.717. The summed E-state index contributed by atoms with van der Waals surface area (Å²) in [4.78, 5) is 11.3. The average molecular weight is 276 g/mol. The van der Waals surface area contributed by atoms with Gasteiger partial charge in [-0.2, -0.15) is 0 Å².